The summed E-state index contributed by atoms with van der Waals surface area (Å²) in [6.45, 7) is 3.05. The van der Waals surface area contributed by atoms with Crippen molar-refractivity contribution in [1.29, 1.82) is 0 Å². The normalized spacial score (nSPS) is 20.2. The van der Waals surface area contributed by atoms with E-state index in [0.29, 0.717) is 18.1 Å². The molecule has 0 aliphatic carbocycles. The summed E-state index contributed by atoms with van der Waals surface area (Å²) in [4.78, 5) is 14.8. The van der Waals surface area contributed by atoms with E-state index in [0.717, 1.165) is 24.9 Å². The predicted octanol–water partition coefficient (Wildman–Crippen LogP) is 2.12. The Hall–Kier alpha value is -2.18. The minimum absolute atomic E-state index is 0.168. The van der Waals surface area contributed by atoms with E-state index < -0.39 is 12.1 Å². The highest BCUT2D eigenvalue weighted by molar-refractivity contribution is 5.94. The molecule has 0 radical (unpaired) electrons. The molecule has 0 saturated carbocycles. The van der Waals surface area contributed by atoms with Gasteiger partial charge in [-0.1, -0.05) is 35.5 Å². The van der Waals surface area contributed by atoms with Crippen molar-refractivity contribution < 1.29 is 14.4 Å². The lowest BCUT2D eigenvalue weighted by atomic mass is 10.00. The summed E-state index contributed by atoms with van der Waals surface area (Å²) >= 11 is 0. The molecule has 6 nitrogen and oxygen atoms in total. The van der Waals surface area contributed by atoms with Crippen molar-refractivity contribution >= 4 is 11.7 Å². The molecule has 1 amide bonds. The number of aromatic nitrogens is 1. The van der Waals surface area contributed by atoms with Crippen LogP contribution in [0.25, 0.3) is 0 Å². The standard InChI is InChI=1S/C17H21N3O3/c1-12-10-15(19-23-12)18-17(22)16(13-6-3-2-4-7-13)20-9-5-8-14(21)11-20/h2-4,6-7,10,14,16,21H,5,8-9,11H2,1H3,(H,18,19,22). The fraction of sp³-hybridized carbons (Fsp3) is 0.412. The summed E-state index contributed by atoms with van der Waals surface area (Å²) in [5, 5.41) is 16.6. The number of aryl methyl sites for hydroxylation is 1. The Balaban J connectivity index is 1.83. The molecule has 2 aromatic rings. The Labute approximate surface area is 135 Å². The maximum atomic E-state index is 12.8. The van der Waals surface area contributed by atoms with Crippen LogP contribution in [0, 0.1) is 6.92 Å². The largest absolute Gasteiger partial charge is 0.392 e. The van der Waals surface area contributed by atoms with Crippen molar-refractivity contribution in [1.82, 2.24) is 10.1 Å². The predicted molar refractivity (Wildman–Crippen MR) is 85.9 cm³/mol. The first kappa shape index (κ1) is 15.7. The lowest BCUT2D eigenvalue weighted by Crippen LogP contribution is -2.44. The van der Waals surface area contributed by atoms with Gasteiger partial charge >= 0.3 is 0 Å². The van der Waals surface area contributed by atoms with Crippen LogP contribution in [0.1, 0.15) is 30.2 Å². The lowest BCUT2D eigenvalue weighted by Gasteiger charge is -2.35. The number of hydrogen-bond donors (Lipinski definition) is 2. The third kappa shape index (κ3) is 3.78. The number of piperidine rings is 1. The van der Waals surface area contributed by atoms with E-state index in [9.17, 15) is 9.90 Å². The van der Waals surface area contributed by atoms with Crippen LogP contribution < -0.4 is 5.32 Å². The molecule has 3 rings (SSSR count). The summed E-state index contributed by atoms with van der Waals surface area (Å²) in [5.41, 5.74) is 0.902. The molecule has 1 saturated heterocycles. The van der Waals surface area contributed by atoms with Crippen LogP contribution in [-0.4, -0.2) is 40.3 Å². The van der Waals surface area contributed by atoms with E-state index in [1.807, 2.05) is 35.2 Å². The van der Waals surface area contributed by atoms with Crippen LogP contribution in [0.4, 0.5) is 5.82 Å². The fourth-order valence-electron chi connectivity index (χ4n) is 3.00. The van der Waals surface area contributed by atoms with Crippen molar-refractivity contribution in [3.05, 3.63) is 47.7 Å². The van der Waals surface area contributed by atoms with Crippen LogP contribution in [0.15, 0.2) is 40.9 Å². The highest BCUT2D eigenvalue weighted by Crippen LogP contribution is 2.26. The van der Waals surface area contributed by atoms with Gasteiger partial charge in [-0.05, 0) is 31.9 Å². The Morgan fingerprint density at radius 2 is 2.22 bits per heavy atom. The minimum Gasteiger partial charge on any atom is -0.392 e. The van der Waals surface area contributed by atoms with E-state index >= 15 is 0 Å². The zero-order valence-corrected chi connectivity index (χ0v) is 13.1. The van der Waals surface area contributed by atoms with Gasteiger partial charge in [0.1, 0.15) is 11.8 Å². The molecule has 2 unspecified atom stereocenters. The molecule has 1 aromatic carbocycles. The number of benzene rings is 1. The van der Waals surface area contributed by atoms with E-state index in [-0.39, 0.29) is 5.91 Å². The molecular weight excluding hydrogens is 294 g/mol. The Bertz CT molecular complexity index is 656. The van der Waals surface area contributed by atoms with E-state index in [2.05, 4.69) is 10.5 Å². The summed E-state index contributed by atoms with van der Waals surface area (Å²) in [7, 11) is 0. The number of aliphatic hydroxyl groups excluding tert-OH is 1. The Morgan fingerprint density at radius 3 is 2.87 bits per heavy atom. The topological polar surface area (TPSA) is 78.6 Å². The quantitative estimate of drug-likeness (QED) is 0.903. The average Bonchev–Trinajstić information content (AvgIpc) is 2.94. The number of hydrogen-bond acceptors (Lipinski definition) is 5. The average molecular weight is 315 g/mol. The van der Waals surface area contributed by atoms with Crippen molar-refractivity contribution in [2.24, 2.45) is 0 Å². The second kappa shape index (κ2) is 6.93. The monoisotopic (exact) mass is 315 g/mol. The number of likely N-dealkylation sites (tertiary alicyclic amines) is 1. The number of carbonyl (C=O) groups is 1. The number of aliphatic hydroxyl groups is 1. The Kier molecular flexibility index (Phi) is 4.73. The van der Waals surface area contributed by atoms with Crippen molar-refractivity contribution in [3.63, 3.8) is 0 Å². The molecule has 2 N–H and O–H groups in total. The van der Waals surface area contributed by atoms with E-state index in [1.54, 1.807) is 13.0 Å². The van der Waals surface area contributed by atoms with Gasteiger partial charge in [0.25, 0.3) is 0 Å². The van der Waals surface area contributed by atoms with E-state index in [1.165, 1.54) is 0 Å². The first-order valence-electron chi connectivity index (χ1n) is 7.85. The zero-order valence-electron chi connectivity index (χ0n) is 13.1. The highest BCUT2D eigenvalue weighted by Gasteiger charge is 2.31. The number of carbonyl (C=O) groups excluding carboxylic acids is 1. The first-order valence-corrected chi connectivity index (χ1v) is 7.85. The fourth-order valence-corrected chi connectivity index (χ4v) is 3.00. The van der Waals surface area contributed by atoms with Crippen LogP contribution in [0.5, 0.6) is 0 Å². The third-order valence-electron chi connectivity index (χ3n) is 4.04. The second-order valence-corrected chi connectivity index (χ2v) is 5.92. The second-order valence-electron chi connectivity index (χ2n) is 5.92. The molecule has 1 aliphatic rings. The molecule has 1 aliphatic heterocycles. The van der Waals surface area contributed by atoms with Gasteiger partial charge < -0.3 is 14.9 Å². The summed E-state index contributed by atoms with van der Waals surface area (Å²) < 4.78 is 5.00. The van der Waals surface area contributed by atoms with Gasteiger partial charge in [-0.2, -0.15) is 0 Å². The number of rotatable bonds is 4. The van der Waals surface area contributed by atoms with Gasteiger partial charge in [-0.15, -0.1) is 0 Å². The van der Waals surface area contributed by atoms with Crippen LogP contribution >= 0.6 is 0 Å². The van der Waals surface area contributed by atoms with Gasteiger partial charge in [-0.25, -0.2) is 0 Å². The number of anilines is 1. The summed E-state index contributed by atoms with van der Waals surface area (Å²) in [6.07, 6.45) is 1.26. The third-order valence-corrected chi connectivity index (χ3v) is 4.04. The molecule has 2 heterocycles. The minimum atomic E-state index is -0.455. The maximum absolute atomic E-state index is 12.8. The van der Waals surface area contributed by atoms with Gasteiger partial charge in [0.05, 0.1) is 6.10 Å². The van der Waals surface area contributed by atoms with E-state index in [4.69, 9.17) is 4.52 Å². The van der Waals surface area contributed by atoms with Gasteiger partial charge in [0.2, 0.25) is 5.91 Å². The molecule has 122 valence electrons. The molecule has 2 atom stereocenters. The number of amides is 1. The highest BCUT2D eigenvalue weighted by atomic mass is 16.5. The molecular formula is C17H21N3O3. The summed E-state index contributed by atoms with van der Waals surface area (Å²) in [6, 6.07) is 10.8. The van der Waals surface area contributed by atoms with Crippen molar-refractivity contribution in [3.8, 4) is 0 Å². The van der Waals surface area contributed by atoms with Crippen molar-refractivity contribution in [2.45, 2.75) is 31.9 Å². The Morgan fingerprint density at radius 1 is 1.43 bits per heavy atom. The van der Waals surface area contributed by atoms with Gasteiger partial charge in [0.15, 0.2) is 5.82 Å². The molecule has 0 bridgehead atoms. The lowest BCUT2D eigenvalue weighted by molar-refractivity contribution is -0.122. The molecule has 6 heteroatoms. The smallest absolute Gasteiger partial charge is 0.247 e. The zero-order chi connectivity index (χ0) is 16.2. The molecule has 1 aromatic heterocycles. The first-order chi connectivity index (χ1) is 11.1. The molecule has 23 heavy (non-hydrogen) atoms. The molecule has 1 fully saturated rings. The van der Waals surface area contributed by atoms with Crippen LogP contribution in [0.3, 0.4) is 0 Å². The summed E-state index contributed by atoms with van der Waals surface area (Å²) in [5.74, 6) is 0.884. The van der Waals surface area contributed by atoms with Crippen molar-refractivity contribution in [2.75, 3.05) is 18.4 Å². The number of nitrogens with zero attached hydrogens (tertiary/aromatic N) is 2. The van der Waals surface area contributed by atoms with Gasteiger partial charge in [-0.3, -0.25) is 9.69 Å². The van der Waals surface area contributed by atoms with Crippen LogP contribution in [-0.2, 0) is 4.79 Å². The number of β-amino-alcohol motifs (C(OH)–C–C–N with tert-alkyl or cyclic N) is 1. The van der Waals surface area contributed by atoms with Gasteiger partial charge in [0, 0.05) is 12.6 Å². The van der Waals surface area contributed by atoms with Crippen LogP contribution in [0.2, 0.25) is 0 Å². The SMILES string of the molecule is Cc1cc(NC(=O)C(c2ccccc2)N2CCCC(O)C2)no1. The number of nitrogens with one attached hydrogen (secondary N) is 1. The maximum Gasteiger partial charge on any atom is 0.247 e. The molecule has 0 spiro atoms.